The van der Waals surface area contributed by atoms with Crippen LogP contribution in [0.4, 0.5) is 0 Å². The molecule has 19 heavy (non-hydrogen) atoms. The highest BCUT2D eigenvalue weighted by Gasteiger charge is 2.04. The zero-order valence-electron chi connectivity index (χ0n) is 11.4. The van der Waals surface area contributed by atoms with Crippen molar-refractivity contribution in [3.05, 3.63) is 23.8 Å². The van der Waals surface area contributed by atoms with Gasteiger partial charge >= 0.3 is 0 Å². The fourth-order valence-electron chi connectivity index (χ4n) is 1.32. The number of benzene rings is 1. The first kappa shape index (κ1) is 15.2. The third-order valence-electron chi connectivity index (χ3n) is 2.26. The van der Waals surface area contributed by atoms with Crippen molar-refractivity contribution in [1.82, 2.24) is 10.7 Å². The molecule has 0 atom stereocenters. The monoisotopic (exact) mass is 281 g/mol. The van der Waals surface area contributed by atoms with Crippen molar-refractivity contribution in [1.29, 1.82) is 0 Å². The molecule has 0 radical (unpaired) electrons. The Balaban J connectivity index is 2.73. The van der Waals surface area contributed by atoms with Crippen LogP contribution in [0.15, 0.2) is 23.3 Å². The van der Waals surface area contributed by atoms with Crippen molar-refractivity contribution in [3.63, 3.8) is 0 Å². The van der Waals surface area contributed by atoms with Crippen LogP contribution < -0.4 is 20.2 Å². The third-order valence-corrected chi connectivity index (χ3v) is 2.55. The Bertz CT molecular complexity index is 450. The standard InChI is InChI=1S/C13H19N3O2S/c1-4-7-18-11-6-5-10(8-12(11)17-3)9-15-16-13(19)14-2/h5-6,8-9H,4,7H2,1-3H3,(H2,14,16,19)/b15-9-. The number of nitrogens with one attached hydrogen (secondary N) is 2. The fourth-order valence-corrected chi connectivity index (χ4v) is 1.37. The summed E-state index contributed by atoms with van der Waals surface area (Å²) in [5.41, 5.74) is 3.58. The van der Waals surface area contributed by atoms with Crippen LogP contribution in [0.2, 0.25) is 0 Å². The van der Waals surface area contributed by atoms with Crippen molar-refractivity contribution < 1.29 is 9.47 Å². The second-order valence-electron chi connectivity index (χ2n) is 3.71. The number of hydrogen-bond donors (Lipinski definition) is 2. The van der Waals surface area contributed by atoms with Gasteiger partial charge in [0.2, 0.25) is 0 Å². The predicted octanol–water partition coefficient (Wildman–Crippen LogP) is 1.91. The summed E-state index contributed by atoms with van der Waals surface area (Å²) in [6, 6.07) is 5.63. The molecule has 0 bridgehead atoms. The number of ether oxygens (including phenoxy) is 2. The molecule has 104 valence electrons. The van der Waals surface area contributed by atoms with Crippen LogP contribution in [0.25, 0.3) is 0 Å². The van der Waals surface area contributed by atoms with Crippen molar-refractivity contribution in [2.45, 2.75) is 13.3 Å². The van der Waals surface area contributed by atoms with Crippen LogP contribution in [0.1, 0.15) is 18.9 Å². The third kappa shape index (κ3) is 5.13. The highest BCUT2D eigenvalue weighted by molar-refractivity contribution is 7.80. The summed E-state index contributed by atoms with van der Waals surface area (Å²) in [6.07, 6.45) is 2.62. The van der Waals surface area contributed by atoms with Crippen LogP contribution in [-0.4, -0.2) is 32.1 Å². The van der Waals surface area contributed by atoms with Gasteiger partial charge < -0.3 is 14.8 Å². The summed E-state index contributed by atoms with van der Waals surface area (Å²) in [4.78, 5) is 0. The molecule has 1 aromatic carbocycles. The molecule has 0 aliphatic rings. The predicted molar refractivity (Wildman–Crippen MR) is 81.2 cm³/mol. The molecule has 0 unspecified atom stereocenters. The average Bonchev–Trinajstić information content (AvgIpc) is 2.45. The number of hydrogen-bond acceptors (Lipinski definition) is 4. The molecular formula is C13H19N3O2S. The Morgan fingerprint density at radius 2 is 2.21 bits per heavy atom. The molecule has 1 aromatic rings. The summed E-state index contributed by atoms with van der Waals surface area (Å²) < 4.78 is 10.9. The molecule has 0 saturated heterocycles. The van der Waals surface area contributed by atoms with Crippen LogP contribution in [0, 0.1) is 0 Å². The summed E-state index contributed by atoms with van der Waals surface area (Å²) in [7, 11) is 3.34. The van der Waals surface area contributed by atoms with E-state index >= 15 is 0 Å². The van der Waals surface area contributed by atoms with E-state index in [4.69, 9.17) is 21.7 Å². The molecule has 0 heterocycles. The number of methoxy groups -OCH3 is 1. The Kier molecular flexibility index (Phi) is 6.67. The molecule has 5 nitrogen and oxygen atoms in total. The topological polar surface area (TPSA) is 54.9 Å². The normalized spacial score (nSPS) is 10.3. The first-order valence-electron chi connectivity index (χ1n) is 6.02. The molecule has 6 heteroatoms. The van der Waals surface area contributed by atoms with Crippen molar-refractivity contribution in [2.75, 3.05) is 20.8 Å². The smallest absolute Gasteiger partial charge is 0.186 e. The van der Waals surface area contributed by atoms with Gasteiger partial charge in [0.05, 0.1) is 19.9 Å². The largest absolute Gasteiger partial charge is 0.493 e. The highest BCUT2D eigenvalue weighted by atomic mass is 32.1. The highest BCUT2D eigenvalue weighted by Crippen LogP contribution is 2.27. The number of thiocarbonyl (C=S) groups is 1. The van der Waals surface area contributed by atoms with Crippen LogP contribution >= 0.6 is 12.2 Å². The summed E-state index contributed by atoms with van der Waals surface area (Å²) >= 11 is 4.91. The van der Waals surface area contributed by atoms with Gasteiger partial charge in [-0.15, -0.1) is 0 Å². The minimum atomic E-state index is 0.464. The second-order valence-corrected chi connectivity index (χ2v) is 4.12. The van der Waals surface area contributed by atoms with E-state index in [0.29, 0.717) is 17.5 Å². The SMILES string of the molecule is CCCOc1ccc(/C=N\NC(=S)NC)cc1OC. The van der Waals surface area contributed by atoms with Gasteiger partial charge in [-0.2, -0.15) is 5.10 Å². The van der Waals surface area contributed by atoms with Crippen molar-refractivity contribution >= 4 is 23.5 Å². The maximum Gasteiger partial charge on any atom is 0.186 e. The lowest BCUT2D eigenvalue weighted by molar-refractivity contribution is 0.294. The minimum Gasteiger partial charge on any atom is -0.493 e. The first-order valence-corrected chi connectivity index (χ1v) is 6.43. The Labute approximate surface area is 119 Å². The van der Waals surface area contributed by atoms with Gasteiger partial charge in [-0.1, -0.05) is 6.92 Å². The van der Waals surface area contributed by atoms with Gasteiger partial charge in [0.1, 0.15) is 0 Å². The maximum atomic E-state index is 5.58. The summed E-state index contributed by atoms with van der Waals surface area (Å²) in [6.45, 7) is 2.73. The van der Waals surface area contributed by atoms with Gasteiger partial charge in [0.15, 0.2) is 16.6 Å². The molecule has 0 aliphatic carbocycles. The number of nitrogens with zero attached hydrogens (tertiary/aromatic N) is 1. The lowest BCUT2D eigenvalue weighted by Gasteiger charge is -2.10. The molecule has 0 aliphatic heterocycles. The van der Waals surface area contributed by atoms with E-state index < -0.39 is 0 Å². The van der Waals surface area contributed by atoms with Gasteiger partial charge in [-0.3, -0.25) is 5.43 Å². The number of rotatable bonds is 6. The van der Waals surface area contributed by atoms with Crippen molar-refractivity contribution in [2.24, 2.45) is 5.10 Å². The van der Waals surface area contributed by atoms with Gasteiger partial charge in [0.25, 0.3) is 0 Å². The zero-order valence-corrected chi connectivity index (χ0v) is 12.2. The van der Waals surface area contributed by atoms with Crippen molar-refractivity contribution in [3.8, 4) is 11.5 Å². The van der Waals surface area contributed by atoms with E-state index in [0.717, 1.165) is 17.7 Å². The minimum absolute atomic E-state index is 0.464. The van der Waals surface area contributed by atoms with Gasteiger partial charge in [0, 0.05) is 7.05 Å². The Hall–Kier alpha value is -1.82. The summed E-state index contributed by atoms with van der Waals surface area (Å²) in [5.74, 6) is 1.42. The average molecular weight is 281 g/mol. The van der Waals surface area contributed by atoms with E-state index in [1.54, 1.807) is 20.4 Å². The number of hydrazone groups is 1. The van der Waals surface area contributed by atoms with Crippen LogP contribution in [0.5, 0.6) is 11.5 Å². The van der Waals surface area contributed by atoms with Crippen LogP contribution in [-0.2, 0) is 0 Å². The molecule has 0 fully saturated rings. The van der Waals surface area contributed by atoms with E-state index in [1.165, 1.54) is 0 Å². The van der Waals surface area contributed by atoms with Gasteiger partial charge in [-0.25, -0.2) is 0 Å². The van der Waals surface area contributed by atoms with E-state index in [1.807, 2.05) is 18.2 Å². The lowest BCUT2D eigenvalue weighted by atomic mass is 10.2. The molecular weight excluding hydrogens is 262 g/mol. The second kappa shape index (κ2) is 8.31. The molecule has 0 saturated carbocycles. The molecule has 2 N–H and O–H groups in total. The quantitative estimate of drug-likeness (QED) is 0.474. The summed E-state index contributed by atoms with van der Waals surface area (Å²) in [5, 5.41) is 7.24. The first-order chi connectivity index (χ1) is 9.21. The van der Waals surface area contributed by atoms with Gasteiger partial charge in [-0.05, 0) is 42.4 Å². The zero-order chi connectivity index (χ0) is 14.1. The Morgan fingerprint density at radius 3 is 2.84 bits per heavy atom. The van der Waals surface area contributed by atoms with Crippen LogP contribution in [0.3, 0.4) is 0 Å². The maximum absolute atomic E-state index is 5.58. The molecule has 1 rings (SSSR count). The van der Waals surface area contributed by atoms with E-state index in [2.05, 4.69) is 22.8 Å². The lowest BCUT2D eigenvalue weighted by Crippen LogP contribution is -2.28. The molecule has 0 spiro atoms. The van der Waals surface area contributed by atoms with E-state index in [9.17, 15) is 0 Å². The Morgan fingerprint density at radius 1 is 1.42 bits per heavy atom. The molecule has 0 aromatic heterocycles. The fraction of sp³-hybridized carbons (Fsp3) is 0.385. The molecule has 0 amide bonds. The van der Waals surface area contributed by atoms with E-state index in [-0.39, 0.29) is 0 Å².